The first-order valence-corrected chi connectivity index (χ1v) is 8.56. The van der Waals surface area contributed by atoms with Crippen molar-refractivity contribution in [3.63, 3.8) is 0 Å². The third-order valence-electron chi connectivity index (χ3n) is 4.33. The summed E-state index contributed by atoms with van der Waals surface area (Å²) < 4.78 is 0. The summed E-state index contributed by atoms with van der Waals surface area (Å²) in [6.07, 6.45) is 3.70. The van der Waals surface area contributed by atoms with E-state index in [1.165, 1.54) is 0 Å². The Bertz CT molecular complexity index is 1040. The third kappa shape index (κ3) is 3.05. The second-order valence-electron chi connectivity index (χ2n) is 5.98. The summed E-state index contributed by atoms with van der Waals surface area (Å²) in [5, 5.41) is 0. The summed E-state index contributed by atoms with van der Waals surface area (Å²) in [5.41, 5.74) is 6.80. The zero-order chi connectivity index (χ0) is 17.8. The van der Waals surface area contributed by atoms with Crippen molar-refractivity contribution in [3.05, 3.63) is 103 Å². The monoisotopic (exact) mass is 334 g/mol. The van der Waals surface area contributed by atoms with Gasteiger partial charge >= 0.3 is 0 Å². The lowest BCUT2D eigenvalue weighted by Crippen LogP contribution is -1.97. The smallest absolute Gasteiger partial charge is 0.0972 e. The molecule has 0 fully saturated rings. The summed E-state index contributed by atoms with van der Waals surface area (Å²) in [7, 11) is 0. The van der Waals surface area contributed by atoms with Crippen LogP contribution in [0.25, 0.3) is 39.8 Å². The summed E-state index contributed by atoms with van der Waals surface area (Å²) in [5.74, 6) is 0. The molecule has 2 nitrogen and oxygen atoms in total. The van der Waals surface area contributed by atoms with Crippen LogP contribution >= 0.6 is 0 Å². The second-order valence-corrected chi connectivity index (χ2v) is 5.98. The summed E-state index contributed by atoms with van der Waals surface area (Å²) in [6.45, 7) is 3.94. The maximum Gasteiger partial charge on any atom is 0.0972 e. The van der Waals surface area contributed by atoms with Gasteiger partial charge in [0, 0.05) is 16.7 Å². The molecule has 1 heterocycles. The Hall–Kier alpha value is -3.52. The minimum Gasteiger partial charge on any atom is -0.252 e. The van der Waals surface area contributed by atoms with E-state index < -0.39 is 0 Å². The molecule has 0 aliphatic carbocycles. The number of aromatic nitrogens is 2. The molecule has 0 bridgehead atoms. The molecule has 0 N–H and O–H groups in total. The van der Waals surface area contributed by atoms with E-state index in [1.54, 1.807) is 0 Å². The Kier molecular flexibility index (Phi) is 4.40. The fourth-order valence-corrected chi connectivity index (χ4v) is 3.02. The van der Waals surface area contributed by atoms with E-state index in [9.17, 15) is 0 Å². The standard InChI is InChI=1S/C24H18N2/c1-2-18-11-9-10-16-21(18)24-23(20-14-7-4-8-15-20)26-22(17-25-24)19-12-5-3-6-13-19/h2-17H,1H2. The first-order valence-electron chi connectivity index (χ1n) is 8.56. The second kappa shape index (κ2) is 7.16. The molecule has 0 saturated carbocycles. The number of benzene rings is 3. The zero-order valence-corrected chi connectivity index (χ0v) is 14.3. The summed E-state index contributed by atoms with van der Waals surface area (Å²) in [4.78, 5) is 9.77. The molecule has 0 spiro atoms. The Morgan fingerprint density at radius 2 is 1.27 bits per heavy atom. The SMILES string of the molecule is C=Cc1ccccc1-c1ncc(-c2ccccc2)nc1-c1ccccc1. The predicted molar refractivity (Wildman–Crippen MR) is 108 cm³/mol. The fraction of sp³-hybridized carbons (Fsp3) is 0. The van der Waals surface area contributed by atoms with Crippen LogP contribution in [0.4, 0.5) is 0 Å². The molecule has 4 aromatic rings. The lowest BCUT2D eigenvalue weighted by Gasteiger charge is -2.12. The maximum atomic E-state index is 4.97. The van der Waals surface area contributed by atoms with Gasteiger partial charge in [-0.2, -0.15) is 0 Å². The molecule has 124 valence electrons. The van der Waals surface area contributed by atoms with Crippen LogP contribution in [0.2, 0.25) is 0 Å². The van der Waals surface area contributed by atoms with Crippen molar-refractivity contribution in [2.45, 2.75) is 0 Å². The highest BCUT2D eigenvalue weighted by molar-refractivity contribution is 5.83. The molecule has 0 unspecified atom stereocenters. The van der Waals surface area contributed by atoms with E-state index in [1.807, 2.05) is 66.9 Å². The van der Waals surface area contributed by atoms with E-state index in [0.717, 1.165) is 39.3 Å². The van der Waals surface area contributed by atoms with Crippen molar-refractivity contribution >= 4 is 6.08 Å². The van der Waals surface area contributed by atoms with E-state index in [4.69, 9.17) is 9.97 Å². The van der Waals surface area contributed by atoms with Crippen molar-refractivity contribution in [1.29, 1.82) is 0 Å². The molecular formula is C24H18N2. The van der Waals surface area contributed by atoms with Gasteiger partial charge in [0.15, 0.2) is 0 Å². The van der Waals surface area contributed by atoms with E-state index in [0.29, 0.717) is 0 Å². The van der Waals surface area contributed by atoms with Crippen molar-refractivity contribution < 1.29 is 0 Å². The van der Waals surface area contributed by atoms with Crippen LogP contribution in [-0.2, 0) is 0 Å². The van der Waals surface area contributed by atoms with E-state index in [2.05, 4.69) is 36.9 Å². The first kappa shape index (κ1) is 16.0. The van der Waals surface area contributed by atoms with Crippen LogP contribution < -0.4 is 0 Å². The van der Waals surface area contributed by atoms with Crippen LogP contribution in [-0.4, -0.2) is 9.97 Å². The predicted octanol–water partition coefficient (Wildman–Crippen LogP) is 6.12. The lowest BCUT2D eigenvalue weighted by atomic mass is 9.99. The van der Waals surface area contributed by atoms with Gasteiger partial charge in [0.2, 0.25) is 0 Å². The minimum atomic E-state index is 0.865. The lowest BCUT2D eigenvalue weighted by molar-refractivity contribution is 1.21. The molecule has 0 amide bonds. The number of hydrogen-bond donors (Lipinski definition) is 0. The molecule has 0 aliphatic rings. The van der Waals surface area contributed by atoms with Gasteiger partial charge in [-0.05, 0) is 5.56 Å². The van der Waals surface area contributed by atoms with Gasteiger partial charge in [-0.15, -0.1) is 0 Å². The van der Waals surface area contributed by atoms with Gasteiger partial charge in [0.1, 0.15) is 0 Å². The van der Waals surface area contributed by atoms with E-state index >= 15 is 0 Å². The molecule has 0 aliphatic heterocycles. The number of nitrogens with zero attached hydrogens (tertiary/aromatic N) is 2. The highest BCUT2D eigenvalue weighted by Gasteiger charge is 2.14. The summed E-state index contributed by atoms with van der Waals surface area (Å²) >= 11 is 0. The zero-order valence-electron chi connectivity index (χ0n) is 14.3. The Morgan fingerprint density at radius 1 is 0.654 bits per heavy atom. The average Bonchev–Trinajstić information content (AvgIpc) is 2.74. The van der Waals surface area contributed by atoms with Crippen molar-refractivity contribution in [2.75, 3.05) is 0 Å². The molecule has 1 aromatic heterocycles. The molecule has 0 atom stereocenters. The fourth-order valence-electron chi connectivity index (χ4n) is 3.02. The number of hydrogen-bond acceptors (Lipinski definition) is 2. The van der Waals surface area contributed by atoms with Crippen LogP contribution in [0.3, 0.4) is 0 Å². The van der Waals surface area contributed by atoms with Crippen molar-refractivity contribution in [3.8, 4) is 33.8 Å². The highest BCUT2D eigenvalue weighted by atomic mass is 14.8. The van der Waals surface area contributed by atoms with Gasteiger partial charge in [0.25, 0.3) is 0 Å². The van der Waals surface area contributed by atoms with Crippen LogP contribution in [0.15, 0.2) is 97.7 Å². The molecule has 3 aromatic carbocycles. The largest absolute Gasteiger partial charge is 0.252 e. The van der Waals surface area contributed by atoms with Crippen LogP contribution in [0, 0.1) is 0 Å². The van der Waals surface area contributed by atoms with E-state index in [-0.39, 0.29) is 0 Å². The molecule has 0 saturated heterocycles. The topological polar surface area (TPSA) is 25.8 Å². The quantitative estimate of drug-likeness (QED) is 0.449. The normalized spacial score (nSPS) is 10.5. The molecule has 26 heavy (non-hydrogen) atoms. The summed E-state index contributed by atoms with van der Waals surface area (Å²) in [6, 6.07) is 28.5. The molecule has 0 radical (unpaired) electrons. The van der Waals surface area contributed by atoms with Gasteiger partial charge in [-0.25, -0.2) is 4.98 Å². The minimum absolute atomic E-state index is 0.865. The van der Waals surface area contributed by atoms with Crippen LogP contribution in [0.5, 0.6) is 0 Å². The maximum absolute atomic E-state index is 4.97. The Morgan fingerprint density at radius 3 is 1.96 bits per heavy atom. The molecule has 4 rings (SSSR count). The third-order valence-corrected chi connectivity index (χ3v) is 4.33. The average molecular weight is 334 g/mol. The van der Waals surface area contributed by atoms with Gasteiger partial charge in [-0.3, -0.25) is 4.98 Å². The van der Waals surface area contributed by atoms with Gasteiger partial charge < -0.3 is 0 Å². The Labute approximate surface area is 153 Å². The van der Waals surface area contributed by atoms with Crippen molar-refractivity contribution in [2.24, 2.45) is 0 Å². The Balaban J connectivity index is 1.96. The molecule has 2 heteroatoms. The van der Waals surface area contributed by atoms with Crippen LogP contribution in [0.1, 0.15) is 5.56 Å². The first-order chi connectivity index (χ1) is 12.9. The molecular weight excluding hydrogens is 316 g/mol. The van der Waals surface area contributed by atoms with Gasteiger partial charge in [-0.1, -0.05) is 97.6 Å². The van der Waals surface area contributed by atoms with Crippen molar-refractivity contribution in [1.82, 2.24) is 9.97 Å². The highest BCUT2D eigenvalue weighted by Crippen LogP contribution is 2.33. The van der Waals surface area contributed by atoms with Gasteiger partial charge in [0.05, 0.1) is 23.3 Å². The number of rotatable bonds is 4.